The number of amides is 1. The number of fused-ring (bicyclic) bond motifs is 1. The molecule has 0 fully saturated rings. The van der Waals surface area contributed by atoms with Gasteiger partial charge >= 0.3 is 0 Å². The largest absolute Gasteiger partial charge is 0.476 e. The van der Waals surface area contributed by atoms with Crippen molar-refractivity contribution in [2.45, 2.75) is 38.6 Å². The van der Waals surface area contributed by atoms with Crippen molar-refractivity contribution in [3.63, 3.8) is 0 Å². The number of halogens is 2. The van der Waals surface area contributed by atoms with Crippen molar-refractivity contribution in [1.29, 1.82) is 5.26 Å². The van der Waals surface area contributed by atoms with Crippen LogP contribution >= 0.6 is 0 Å². The first-order valence-electron chi connectivity index (χ1n) is 14.7. The second-order valence-electron chi connectivity index (χ2n) is 10.2. The average molecular weight is 618 g/mol. The zero-order valence-electron chi connectivity index (χ0n) is 25.1. The van der Waals surface area contributed by atoms with Crippen LogP contribution in [0.4, 0.5) is 20.3 Å². The Bertz CT molecular complexity index is 1700. The van der Waals surface area contributed by atoms with Crippen LogP contribution in [-0.2, 0) is 11.2 Å². The summed E-state index contributed by atoms with van der Waals surface area (Å²) in [5, 5.41) is 18.0. The fourth-order valence-electron chi connectivity index (χ4n) is 4.82. The van der Waals surface area contributed by atoms with Gasteiger partial charge in [-0.25, -0.2) is 14.4 Å². The van der Waals surface area contributed by atoms with Crippen LogP contribution in [-0.4, -0.2) is 52.6 Å². The predicted octanol–water partition coefficient (Wildman–Crippen LogP) is 4.02. The number of nitrogens with one attached hydrogen (secondary N) is 3. The smallest absolute Gasteiger partial charge is 0.236 e. The number of carbonyl (C=O) groups excluding carboxylic acids is 1. The maximum Gasteiger partial charge on any atom is 0.236 e. The van der Waals surface area contributed by atoms with Gasteiger partial charge in [-0.2, -0.15) is 9.65 Å². The zero-order valence-corrected chi connectivity index (χ0v) is 25.1. The Labute approximate surface area is 260 Å². The number of rotatable bonds is 16. The fraction of sp³-hybridized carbons (Fsp3) is 0.312. The summed E-state index contributed by atoms with van der Waals surface area (Å²) in [5.41, 5.74) is 15.6. The lowest BCUT2D eigenvalue weighted by Crippen LogP contribution is -2.42. The van der Waals surface area contributed by atoms with E-state index in [1.807, 2.05) is 25.1 Å². The van der Waals surface area contributed by atoms with Crippen LogP contribution in [0, 0.1) is 23.0 Å². The average Bonchev–Trinajstić information content (AvgIpc) is 3.48. The van der Waals surface area contributed by atoms with Gasteiger partial charge in [0.05, 0.1) is 17.9 Å². The number of anilines is 2. The highest BCUT2D eigenvalue weighted by atomic mass is 19.2. The first-order valence-corrected chi connectivity index (χ1v) is 14.7. The molecule has 2 aromatic heterocycles. The van der Waals surface area contributed by atoms with Crippen LogP contribution in [0.1, 0.15) is 37.3 Å². The fourth-order valence-corrected chi connectivity index (χ4v) is 4.82. The summed E-state index contributed by atoms with van der Waals surface area (Å²) < 4.78 is 36.1. The Morgan fingerprint density at radius 3 is 2.71 bits per heavy atom. The minimum atomic E-state index is -1.18. The Morgan fingerprint density at radius 2 is 1.96 bits per heavy atom. The maximum absolute atomic E-state index is 15.0. The van der Waals surface area contributed by atoms with Crippen LogP contribution in [0.5, 0.6) is 5.75 Å². The minimum Gasteiger partial charge on any atom is -0.476 e. The molecule has 1 atom stereocenters. The summed E-state index contributed by atoms with van der Waals surface area (Å²) in [5.74, 6) is -2.40. The molecule has 0 saturated heterocycles. The lowest BCUT2D eigenvalue weighted by Gasteiger charge is -2.16. The molecule has 4 rings (SSSR count). The highest BCUT2D eigenvalue weighted by Gasteiger charge is 2.20. The number of ether oxygens (including phenoxy) is 1. The van der Waals surface area contributed by atoms with Gasteiger partial charge in [-0.3, -0.25) is 9.20 Å². The van der Waals surface area contributed by atoms with E-state index >= 15 is 0 Å². The van der Waals surface area contributed by atoms with Gasteiger partial charge < -0.3 is 32.2 Å². The molecule has 0 aliphatic carbocycles. The van der Waals surface area contributed by atoms with E-state index in [1.165, 1.54) is 24.5 Å². The van der Waals surface area contributed by atoms with E-state index in [-0.39, 0.29) is 17.2 Å². The Kier molecular flexibility index (Phi) is 11.4. The van der Waals surface area contributed by atoms with Crippen molar-refractivity contribution in [1.82, 2.24) is 25.0 Å². The third-order valence-electron chi connectivity index (χ3n) is 7.19. The summed E-state index contributed by atoms with van der Waals surface area (Å²) in [6.07, 6.45) is 7.56. The number of carbonyl (C=O) groups is 1. The molecule has 11 nitrogen and oxygen atoms in total. The molecule has 2 aromatic carbocycles. The molecule has 4 aromatic rings. The number of nitrogens with two attached hydrogens (primary N) is 2. The van der Waals surface area contributed by atoms with Crippen molar-refractivity contribution in [3.8, 4) is 23.1 Å². The number of aryl methyl sites for hydroxylation is 1. The van der Waals surface area contributed by atoms with Gasteiger partial charge in [0.1, 0.15) is 6.07 Å². The first-order chi connectivity index (χ1) is 21.8. The number of nitrogens with zero attached hydrogens (tertiary/aromatic N) is 4. The summed E-state index contributed by atoms with van der Waals surface area (Å²) in [4.78, 5) is 21.0. The van der Waals surface area contributed by atoms with Crippen LogP contribution in [0.25, 0.3) is 22.6 Å². The molecule has 1 amide bonds. The molecule has 236 valence electrons. The number of hydrogen-bond donors (Lipinski definition) is 5. The quantitative estimate of drug-likeness (QED) is 0.117. The molecule has 45 heavy (non-hydrogen) atoms. The van der Waals surface area contributed by atoms with E-state index in [0.717, 1.165) is 41.8 Å². The Morgan fingerprint density at radius 1 is 1.16 bits per heavy atom. The van der Waals surface area contributed by atoms with Crippen LogP contribution in [0.3, 0.4) is 0 Å². The number of imidazole rings is 1. The van der Waals surface area contributed by atoms with Crippen LogP contribution in [0.2, 0.25) is 0 Å². The number of aromatic nitrogens is 3. The van der Waals surface area contributed by atoms with E-state index < -0.39 is 24.3 Å². The molecule has 0 spiro atoms. The summed E-state index contributed by atoms with van der Waals surface area (Å²) in [7, 11) is 0. The van der Waals surface area contributed by atoms with Gasteiger partial charge in [0.2, 0.25) is 11.7 Å². The van der Waals surface area contributed by atoms with Crippen molar-refractivity contribution in [3.05, 3.63) is 78.3 Å². The zero-order chi connectivity index (χ0) is 32.3. The number of hydrogen-bond acceptors (Lipinski definition) is 9. The van der Waals surface area contributed by atoms with Gasteiger partial charge in [0, 0.05) is 48.0 Å². The molecular formula is C32H37F2N9O2. The summed E-state index contributed by atoms with van der Waals surface area (Å²) in [6, 6.07) is 9.63. The van der Waals surface area contributed by atoms with Gasteiger partial charge in [0.25, 0.3) is 0 Å². The SMILES string of the molecule is C=C(NCCNC(=O)[C@@H](N)CCCCN)c1ccc(Nc2nccn3c(-c4ccc(OCC#N)c(F)c4F)cnc23)cc1CC. The van der Waals surface area contributed by atoms with E-state index in [1.54, 1.807) is 16.7 Å². The lowest BCUT2D eigenvalue weighted by molar-refractivity contribution is -0.122. The summed E-state index contributed by atoms with van der Waals surface area (Å²) >= 11 is 0. The summed E-state index contributed by atoms with van der Waals surface area (Å²) in [6.45, 7) is 7.27. The number of unbranched alkanes of at least 4 members (excludes halogenated alkanes) is 1. The highest BCUT2D eigenvalue weighted by molar-refractivity contribution is 5.81. The molecule has 0 unspecified atom stereocenters. The third kappa shape index (κ3) is 7.91. The van der Waals surface area contributed by atoms with E-state index in [2.05, 4.69) is 32.5 Å². The molecule has 0 aliphatic heterocycles. The number of benzene rings is 2. The lowest BCUT2D eigenvalue weighted by atomic mass is 10.0. The van der Waals surface area contributed by atoms with E-state index in [9.17, 15) is 13.6 Å². The molecule has 7 N–H and O–H groups in total. The van der Waals surface area contributed by atoms with Crippen LogP contribution in [0.15, 0.2) is 55.5 Å². The molecule has 2 heterocycles. The monoisotopic (exact) mass is 617 g/mol. The maximum atomic E-state index is 15.0. The van der Waals surface area contributed by atoms with Gasteiger partial charge in [-0.05, 0) is 55.6 Å². The third-order valence-corrected chi connectivity index (χ3v) is 7.19. The highest BCUT2D eigenvalue weighted by Crippen LogP contribution is 2.32. The molecule has 0 radical (unpaired) electrons. The molecular weight excluding hydrogens is 580 g/mol. The second-order valence-corrected chi connectivity index (χ2v) is 10.2. The molecule has 0 aliphatic rings. The standard InChI is InChI=1S/C32H37F2N9O2/c1-3-21-18-22(7-8-23(21)20(2)38-13-14-40-32(44)25(37)6-4-5-11-35)42-30-31-41-19-26(43(31)16-15-39-30)24-9-10-27(45-17-12-36)29(34)28(24)33/h7-10,15-16,18-19,25,38H,2-6,11,13-14,17,35,37H2,1H3,(H,39,42)(H,40,44)/t25-/m0/s1. The molecule has 13 heteroatoms. The van der Waals surface area contributed by atoms with E-state index in [0.29, 0.717) is 43.2 Å². The van der Waals surface area contributed by atoms with Gasteiger partial charge in [0.15, 0.2) is 29.6 Å². The van der Waals surface area contributed by atoms with Gasteiger partial charge in [-0.15, -0.1) is 0 Å². The van der Waals surface area contributed by atoms with Crippen LogP contribution < -0.4 is 32.2 Å². The van der Waals surface area contributed by atoms with Crippen molar-refractivity contribution in [2.24, 2.45) is 11.5 Å². The number of nitriles is 1. The molecule has 0 bridgehead atoms. The van der Waals surface area contributed by atoms with Crippen molar-refractivity contribution < 1.29 is 18.3 Å². The minimum absolute atomic E-state index is 0.0185. The van der Waals surface area contributed by atoms with Crippen molar-refractivity contribution >= 4 is 28.8 Å². The topological polar surface area (TPSA) is 168 Å². The van der Waals surface area contributed by atoms with Crippen molar-refractivity contribution in [2.75, 3.05) is 31.6 Å². The molecule has 0 saturated carbocycles. The Hall–Kier alpha value is -5.06. The Balaban J connectivity index is 1.43. The predicted molar refractivity (Wildman–Crippen MR) is 169 cm³/mol. The van der Waals surface area contributed by atoms with E-state index in [4.69, 9.17) is 21.5 Å². The van der Waals surface area contributed by atoms with Gasteiger partial charge in [-0.1, -0.05) is 26.0 Å². The first kappa shape index (κ1) is 32.8. The second kappa shape index (κ2) is 15.6. The normalized spacial score (nSPS) is 11.6.